The van der Waals surface area contributed by atoms with Crippen molar-refractivity contribution in [3.05, 3.63) is 0 Å². The third kappa shape index (κ3) is 2.26. The van der Waals surface area contributed by atoms with Gasteiger partial charge in [0.1, 0.15) is 17.3 Å². The minimum Gasteiger partial charge on any atom is -0.300 e. The van der Waals surface area contributed by atoms with Gasteiger partial charge in [-0.05, 0) is 27.7 Å². The van der Waals surface area contributed by atoms with Crippen molar-refractivity contribution in [3.63, 3.8) is 0 Å². The average Bonchev–Trinajstić information content (AvgIpc) is 1.84. The lowest BCUT2D eigenvalue weighted by Gasteiger charge is -2.21. The molecule has 0 amide bonds. The van der Waals surface area contributed by atoms with Gasteiger partial charge >= 0.3 is 0 Å². The molecule has 68 valence electrons. The van der Waals surface area contributed by atoms with Crippen LogP contribution in [0.3, 0.4) is 0 Å². The van der Waals surface area contributed by atoms with Crippen LogP contribution in [0.1, 0.15) is 34.1 Å². The van der Waals surface area contributed by atoms with E-state index in [-0.39, 0.29) is 23.8 Å². The molecule has 0 aliphatic rings. The summed E-state index contributed by atoms with van der Waals surface area (Å²) in [5.41, 5.74) is -1.11. The number of hydrogen-bond acceptors (Lipinski definition) is 3. The van der Waals surface area contributed by atoms with E-state index in [1.807, 2.05) is 0 Å². The van der Waals surface area contributed by atoms with Crippen molar-refractivity contribution in [2.24, 2.45) is 5.41 Å². The fourth-order valence-electron chi connectivity index (χ4n) is 0.995. The van der Waals surface area contributed by atoms with E-state index in [2.05, 4.69) is 0 Å². The highest BCUT2D eigenvalue weighted by Crippen LogP contribution is 2.24. The minimum absolute atomic E-state index is 0.0116. The number of Topliss-reactive ketones (excluding diaryl/α,β-unsaturated/α-hetero) is 3. The Balaban J connectivity index is 4.75. The van der Waals surface area contributed by atoms with Crippen LogP contribution < -0.4 is 0 Å². The molecule has 0 aliphatic heterocycles. The van der Waals surface area contributed by atoms with Crippen LogP contribution in [0.4, 0.5) is 0 Å². The van der Waals surface area contributed by atoms with Crippen LogP contribution in [0.25, 0.3) is 0 Å². The van der Waals surface area contributed by atoms with Crippen LogP contribution in [0.5, 0.6) is 0 Å². The van der Waals surface area contributed by atoms with Gasteiger partial charge in [0.05, 0.1) is 5.41 Å². The van der Waals surface area contributed by atoms with Crippen LogP contribution in [-0.2, 0) is 14.4 Å². The number of carbonyl (C=O) groups is 3. The highest BCUT2D eigenvalue weighted by Gasteiger charge is 2.36. The standard InChI is InChI=1S/C9H14O3/c1-6(10)5-9(4,7(2)11)8(3)12/h5H2,1-4H3. The number of ketones is 3. The fraction of sp³-hybridized carbons (Fsp3) is 0.667. The summed E-state index contributed by atoms with van der Waals surface area (Å²) in [5, 5.41) is 0. The normalized spacial score (nSPS) is 11.0. The Morgan fingerprint density at radius 2 is 1.33 bits per heavy atom. The first kappa shape index (κ1) is 11.0. The van der Waals surface area contributed by atoms with Crippen LogP contribution in [0.2, 0.25) is 0 Å². The van der Waals surface area contributed by atoms with E-state index in [1.54, 1.807) is 0 Å². The lowest BCUT2D eigenvalue weighted by molar-refractivity contribution is -0.141. The minimum atomic E-state index is -1.11. The van der Waals surface area contributed by atoms with Crippen molar-refractivity contribution in [1.29, 1.82) is 0 Å². The van der Waals surface area contributed by atoms with E-state index in [0.717, 1.165) is 0 Å². The number of rotatable bonds is 4. The number of hydrogen-bond donors (Lipinski definition) is 0. The molecule has 0 aromatic rings. The predicted octanol–water partition coefficient (Wildman–Crippen LogP) is 1.15. The molecule has 0 unspecified atom stereocenters. The van der Waals surface area contributed by atoms with Gasteiger partial charge in [-0.3, -0.25) is 14.4 Å². The number of carbonyl (C=O) groups excluding carboxylic acids is 3. The molecule has 0 atom stereocenters. The van der Waals surface area contributed by atoms with Crippen LogP contribution in [0, 0.1) is 5.41 Å². The van der Waals surface area contributed by atoms with E-state index in [4.69, 9.17) is 0 Å². The van der Waals surface area contributed by atoms with Crippen molar-refractivity contribution < 1.29 is 14.4 Å². The molecule has 12 heavy (non-hydrogen) atoms. The second kappa shape index (κ2) is 3.61. The van der Waals surface area contributed by atoms with Gasteiger partial charge < -0.3 is 0 Å². The zero-order valence-electron chi connectivity index (χ0n) is 7.93. The molecule has 3 nitrogen and oxygen atoms in total. The molecule has 0 heterocycles. The zero-order chi connectivity index (χ0) is 9.94. The molecule has 0 aromatic carbocycles. The molecular weight excluding hydrogens is 156 g/mol. The molecule has 0 aliphatic carbocycles. The van der Waals surface area contributed by atoms with Gasteiger partial charge in [0.15, 0.2) is 0 Å². The van der Waals surface area contributed by atoms with Gasteiger partial charge in [-0.15, -0.1) is 0 Å². The second-order valence-electron chi connectivity index (χ2n) is 3.32. The molecule has 0 saturated heterocycles. The Morgan fingerprint density at radius 3 is 1.42 bits per heavy atom. The Hall–Kier alpha value is -0.990. The third-order valence-corrected chi connectivity index (χ3v) is 2.16. The molecular formula is C9H14O3. The summed E-state index contributed by atoms with van der Waals surface area (Å²) in [6.07, 6.45) is 0.0116. The Bertz CT molecular complexity index is 214. The SMILES string of the molecule is CC(=O)CC(C)(C(C)=O)C(C)=O. The third-order valence-electron chi connectivity index (χ3n) is 2.16. The molecule has 3 heteroatoms. The lowest BCUT2D eigenvalue weighted by atomic mass is 9.78. The van der Waals surface area contributed by atoms with Crippen molar-refractivity contribution in [1.82, 2.24) is 0 Å². The summed E-state index contributed by atoms with van der Waals surface area (Å²) < 4.78 is 0. The Labute approximate surface area is 72.1 Å². The van der Waals surface area contributed by atoms with E-state index < -0.39 is 5.41 Å². The van der Waals surface area contributed by atoms with Crippen molar-refractivity contribution in [2.75, 3.05) is 0 Å². The summed E-state index contributed by atoms with van der Waals surface area (Å²) >= 11 is 0. The summed E-state index contributed by atoms with van der Waals surface area (Å²) in [4.78, 5) is 32.9. The maximum atomic E-state index is 11.1. The Kier molecular flexibility index (Phi) is 3.31. The van der Waals surface area contributed by atoms with Gasteiger partial charge in [0.25, 0.3) is 0 Å². The van der Waals surface area contributed by atoms with E-state index in [0.29, 0.717) is 0 Å². The first-order valence-corrected chi connectivity index (χ1v) is 3.82. The first-order chi connectivity index (χ1) is 5.30. The molecule has 0 radical (unpaired) electrons. The molecule has 0 bridgehead atoms. The maximum Gasteiger partial charge on any atom is 0.143 e. The Morgan fingerprint density at radius 1 is 1.00 bits per heavy atom. The lowest BCUT2D eigenvalue weighted by Crippen LogP contribution is -2.35. The smallest absolute Gasteiger partial charge is 0.143 e. The molecule has 0 saturated carbocycles. The summed E-state index contributed by atoms with van der Waals surface area (Å²) in [6, 6.07) is 0. The molecule has 0 rings (SSSR count). The monoisotopic (exact) mass is 170 g/mol. The molecule has 0 spiro atoms. The van der Waals surface area contributed by atoms with Crippen LogP contribution in [0.15, 0.2) is 0 Å². The van der Waals surface area contributed by atoms with E-state index in [9.17, 15) is 14.4 Å². The van der Waals surface area contributed by atoms with Gasteiger partial charge in [-0.2, -0.15) is 0 Å². The van der Waals surface area contributed by atoms with E-state index >= 15 is 0 Å². The molecule has 0 N–H and O–H groups in total. The van der Waals surface area contributed by atoms with Crippen molar-refractivity contribution in [3.8, 4) is 0 Å². The maximum absolute atomic E-state index is 11.1. The van der Waals surface area contributed by atoms with Crippen LogP contribution >= 0.6 is 0 Å². The average molecular weight is 170 g/mol. The first-order valence-electron chi connectivity index (χ1n) is 3.82. The second-order valence-corrected chi connectivity index (χ2v) is 3.32. The van der Waals surface area contributed by atoms with Gasteiger partial charge in [0.2, 0.25) is 0 Å². The summed E-state index contributed by atoms with van der Waals surface area (Å²) in [5.74, 6) is -0.627. The van der Waals surface area contributed by atoms with Crippen molar-refractivity contribution >= 4 is 17.3 Å². The van der Waals surface area contributed by atoms with Gasteiger partial charge in [-0.25, -0.2) is 0 Å². The van der Waals surface area contributed by atoms with Crippen molar-refractivity contribution in [2.45, 2.75) is 34.1 Å². The van der Waals surface area contributed by atoms with E-state index in [1.165, 1.54) is 27.7 Å². The summed E-state index contributed by atoms with van der Waals surface area (Å²) in [7, 11) is 0. The largest absolute Gasteiger partial charge is 0.300 e. The topological polar surface area (TPSA) is 51.2 Å². The summed E-state index contributed by atoms with van der Waals surface area (Å²) in [6.45, 7) is 5.57. The highest BCUT2D eigenvalue weighted by atomic mass is 16.2. The fourth-order valence-corrected chi connectivity index (χ4v) is 0.995. The quantitative estimate of drug-likeness (QED) is 0.595. The highest BCUT2D eigenvalue weighted by molar-refractivity contribution is 6.07. The predicted molar refractivity (Wildman–Crippen MR) is 44.8 cm³/mol. The molecule has 0 fully saturated rings. The van der Waals surface area contributed by atoms with Gasteiger partial charge in [0, 0.05) is 6.42 Å². The van der Waals surface area contributed by atoms with Crippen LogP contribution in [-0.4, -0.2) is 17.3 Å². The molecule has 0 aromatic heterocycles. The zero-order valence-corrected chi connectivity index (χ0v) is 7.93. The van der Waals surface area contributed by atoms with Gasteiger partial charge in [-0.1, -0.05) is 0 Å².